The number of nitrogens with one attached hydrogen (secondary N) is 1. The summed E-state index contributed by atoms with van der Waals surface area (Å²) in [6.45, 7) is 0. The second-order valence-corrected chi connectivity index (χ2v) is 6.74. The molecule has 0 aliphatic rings. The molecule has 8 nitrogen and oxygen atoms in total. The molecule has 1 N–H and O–H groups in total. The summed E-state index contributed by atoms with van der Waals surface area (Å²) < 4.78 is 27.7. The minimum Gasteiger partial charge on any atom is -0.408 e. The summed E-state index contributed by atoms with van der Waals surface area (Å²) in [6, 6.07) is 6.72. The second kappa shape index (κ2) is 6.59. The number of nitriles is 1. The Morgan fingerprint density at radius 2 is 2.05 bits per heavy atom. The van der Waals surface area contributed by atoms with Gasteiger partial charge >= 0.3 is 5.22 Å². The third-order valence-electron chi connectivity index (χ3n) is 2.42. The summed E-state index contributed by atoms with van der Waals surface area (Å²) in [7, 11) is -3.53. The molecule has 0 amide bonds. The molecule has 114 valence electrons. The van der Waals surface area contributed by atoms with Gasteiger partial charge in [-0.2, -0.15) is 5.26 Å². The number of sulfone groups is 1. The molecule has 0 unspecified atom stereocenters. The largest absolute Gasteiger partial charge is 0.408 e. The molecule has 10 heteroatoms. The Morgan fingerprint density at radius 3 is 2.55 bits per heavy atom. The van der Waals surface area contributed by atoms with E-state index in [1.807, 2.05) is 0 Å². The van der Waals surface area contributed by atoms with E-state index in [1.54, 1.807) is 36.7 Å². The Bertz CT molecular complexity index is 834. The molecule has 1 aromatic carbocycles. The van der Waals surface area contributed by atoms with E-state index in [0.717, 1.165) is 6.26 Å². The average molecular weight is 337 g/mol. The molecule has 1 aromatic heterocycles. The maximum Gasteiger partial charge on any atom is 0.335 e. The summed E-state index contributed by atoms with van der Waals surface area (Å²) in [4.78, 5) is 4.23. The van der Waals surface area contributed by atoms with Crippen LogP contribution in [0, 0.1) is 11.5 Å². The van der Waals surface area contributed by atoms with Crippen molar-refractivity contribution in [2.45, 2.75) is 5.22 Å². The number of hydrogen-bond donors (Lipinski definition) is 1. The lowest BCUT2D eigenvalue weighted by Gasteiger charge is -2.00. The van der Waals surface area contributed by atoms with E-state index in [0.29, 0.717) is 16.4 Å². The van der Waals surface area contributed by atoms with Gasteiger partial charge in [0.2, 0.25) is 15.7 Å². The number of aromatic nitrogens is 2. The third kappa shape index (κ3) is 3.84. The van der Waals surface area contributed by atoms with Gasteiger partial charge in [-0.05, 0) is 30.5 Å². The lowest BCUT2D eigenvalue weighted by molar-refractivity contribution is 0.442. The summed E-state index contributed by atoms with van der Waals surface area (Å²) in [5.41, 5.74) is 1.19. The molecule has 0 aliphatic heterocycles. The topological polar surface area (TPSA) is 121 Å². The van der Waals surface area contributed by atoms with Crippen LogP contribution in [-0.4, -0.2) is 36.3 Å². The number of benzene rings is 1. The van der Waals surface area contributed by atoms with Gasteiger partial charge in [-0.1, -0.05) is 16.9 Å². The van der Waals surface area contributed by atoms with Crippen LogP contribution < -0.4 is 5.32 Å². The van der Waals surface area contributed by atoms with Gasteiger partial charge in [-0.15, -0.1) is 5.10 Å². The molecule has 0 saturated carbocycles. The van der Waals surface area contributed by atoms with Crippen LogP contribution in [0.1, 0.15) is 0 Å². The van der Waals surface area contributed by atoms with Crippen LogP contribution in [0.25, 0.3) is 11.5 Å². The van der Waals surface area contributed by atoms with Crippen molar-refractivity contribution in [3.05, 3.63) is 24.3 Å². The van der Waals surface area contributed by atoms with Crippen LogP contribution in [0.2, 0.25) is 0 Å². The van der Waals surface area contributed by atoms with Crippen molar-refractivity contribution in [3.8, 4) is 17.6 Å². The Balaban J connectivity index is 2.26. The average Bonchev–Trinajstić information content (AvgIpc) is 2.97. The maximum absolute atomic E-state index is 11.3. The van der Waals surface area contributed by atoms with E-state index in [2.05, 4.69) is 20.5 Å². The molecule has 0 spiro atoms. The Hall–Kier alpha value is -2.38. The maximum atomic E-state index is 11.3. The van der Waals surface area contributed by atoms with Gasteiger partial charge in [0.1, 0.15) is 0 Å². The molecule has 2 aromatic rings. The van der Waals surface area contributed by atoms with Gasteiger partial charge in [-0.25, -0.2) is 13.4 Å². The highest BCUT2D eigenvalue weighted by atomic mass is 32.2. The smallest absolute Gasteiger partial charge is 0.335 e. The SMILES string of the molecule is CSC(=Nc1ccc(-c2nnc(S(C)(=O)=O)o2)cc1)NC#N. The molecular formula is C12H11N5O3S2. The Kier molecular flexibility index (Phi) is 4.79. The minimum absolute atomic E-state index is 0.108. The van der Waals surface area contributed by atoms with E-state index >= 15 is 0 Å². The molecule has 0 atom stereocenters. The van der Waals surface area contributed by atoms with Crippen molar-refractivity contribution < 1.29 is 12.8 Å². The molecule has 0 radical (unpaired) electrons. The van der Waals surface area contributed by atoms with Crippen molar-refractivity contribution in [2.24, 2.45) is 4.99 Å². The highest BCUT2D eigenvalue weighted by Crippen LogP contribution is 2.23. The van der Waals surface area contributed by atoms with E-state index in [-0.39, 0.29) is 5.89 Å². The van der Waals surface area contributed by atoms with Gasteiger partial charge in [0.05, 0.1) is 5.69 Å². The normalized spacial score (nSPS) is 12.0. The number of rotatable bonds is 3. The van der Waals surface area contributed by atoms with Gasteiger partial charge in [0.25, 0.3) is 0 Å². The highest BCUT2D eigenvalue weighted by molar-refractivity contribution is 8.13. The highest BCUT2D eigenvalue weighted by Gasteiger charge is 2.17. The van der Waals surface area contributed by atoms with Crippen LogP contribution >= 0.6 is 11.8 Å². The van der Waals surface area contributed by atoms with Crippen molar-refractivity contribution in [3.63, 3.8) is 0 Å². The summed E-state index contributed by atoms with van der Waals surface area (Å²) in [6.07, 6.45) is 4.59. The third-order valence-corrected chi connectivity index (χ3v) is 3.80. The molecule has 0 fully saturated rings. The molecule has 2 rings (SSSR count). The zero-order valence-electron chi connectivity index (χ0n) is 11.6. The number of thioether (sulfide) groups is 1. The predicted octanol–water partition coefficient (Wildman–Crippen LogP) is 1.56. The Morgan fingerprint density at radius 1 is 1.36 bits per heavy atom. The Labute approximate surface area is 131 Å². The van der Waals surface area contributed by atoms with E-state index in [1.165, 1.54) is 11.8 Å². The van der Waals surface area contributed by atoms with E-state index in [4.69, 9.17) is 9.68 Å². The summed E-state index contributed by atoms with van der Waals surface area (Å²) in [5.74, 6) is 0.108. The summed E-state index contributed by atoms with van der Waals surface area (Å²) in [5, 5.41) is 18.3. The molecular weight excluding hydrogens is 326 g/mol. The van der Waals surface area contributed by atoms with E-state index in [9.17, 15) is 8.42 Å². The lowest BCUT2D eigenvalue weighted by Crippen LogP contribution is -2.12. The molecule has 1 heterocycles. The fraction of sp³-hybridized carbons (Fsp3) is 0.167. The second-order valence-electron chi connectivity index (χ2n) is 4.05. The zero-order valence-corrected chi connectivity index (χ0v) is 13.3. The first-order valence-electron chi connectivity index (χ1n) is 5.86. The lowest BCUT2D eigenvalue weighted by atomic mass is 10.2. The predicted molar refractivity (Wildman–Crippen MR) is 82.2 cm³/mol. The number of aliphatic imine (C=N–C) groups is 1. The standard InChI is InChI=1S/C12H11N5O3S2/c1-21-11(14-7-13)15-9-5-3-8(4-6-9)10-16-17-12(20-10)22(2,18)19/h3-6H,1-2H3,(H,14,15). The van der Waals surface area contributed by atoms with Gasteiger partial charge in [0, 0.05) is 11.8 Å². The number of nitrogens with zero attached hydrogens (tertiary/aromatic N) is 4. The van der Waals surface area contributed by atoms with Crippen molar-refractivity contribution in [1.29, 1.82) is 5.26 Å². The van der Waals surface area contributed by atoms with Crippen molar-refractivity contribution in [2.75, 3.05) is 12.5 Å². The fourth-order valence-corrected chi connectivity index (χ4v) is 2.21. The first-order valence-corrected chi connectivity index (χ1v) is 8.97. The minimum atomic E-state index is -3.53. The van der Waals surface area contributed by atoms with Crippen LogP contribution in [-0.2, 0) is 9.84 Å². The quantitative estimate of drug-likeness (QED) is 0.387. The van der Waals surface area contributed by atoms with Gasteiger partial charge < -0.3 is 4.42 Å². The van der Waals surface area contributed by atoms with Gasteiger partial charge in [-0.3, -0.25) is 5.32 Å². The van der Waals surface area contributed by atoms with Crippen molar-refractivity contribution in [1.82, 2.24) is 15.5 Å². The van der Waals surface area contributed by atoms with Crippen molar-refractivity contribution >= 4 is 32.5 Å². The first kappa shape index (κ1) is 16.0. The molecule has 0 aliphatic carbocycles. The number of hydrogen-bond acceptors (Lipinski definition) is 8. The van der Waals surface area contributed by atoms with Crippen LogP contribution in [0.4, 0.5) is 5.69 Å². The van der Waals surface area contributed by atoms with E-state index < -0.39 is 15.1 Å². The first-order chi connectivity index (χ1) is 10.4. The van der Waals surface area contributed by atoms with Gasteiger partial charge in [0.15, 0.2) is 11.4 Å². The van der Waals surface area contributed by atoms with Crippen LogP contribution in [0.15, 0.2) is 38.9 Å². The molecule has 22 heavy (non-hydrogen) atoms. The number of amidine groups is 1. The molecule has 0 bridgehead atoms. The summed E-state index contributed by atoms with van der Waals surface area (Å²) >= 11 is 1.30. The molecule has 0 saturated heterocycles. The van der Waals surface area contributed by atoms with Crippen LogP contribution in [0.5, 0.6) is 0 Å². The zero-order chi connectivity index (χ0) is 16.2. The fourth-order valence-electron chi connectivity index (χ4n) is 1.44. The van der Waals surface area contributed by atoms with Crippen LogP contribution in [0.3, 0.4) is 0 Å². The monoisotopic (exact) mass is 337 g/mol.